The van der Waals surface area contributed by atoms with Crippen molar-refractivity contribution >= 4 is 0 Å². The van der Waals surface area contributed by atoms with Crippen molar-refractivity contribution in [3.05, 3.63) is 0 Å². The van der Waals surface area contributed by atoms with Crippen molar-refractivity contribution in [2.24, 2.45) is 50.7 Å². The zero-order chi connectivity index (χ0) is 35.2. The molecule has 0 aromatic heterocycles. The van der Waals surface area contributed by atoms with Gasteiger partial charge in [-0.05, 0) is 131 Å². The number of likely N-dealkylation sites (N-methyl/N-ethyl adjacent to an activating group) is 1. The van der Waals surface area contributed by atoms with Gasteiger partial charge in [0.1, 0.15) is 6.10 Å². The summed E-state index contributed by atoms with van der Waals surface area (Å²) >= 11 is 0. The van der Waals surface area contributed by atoms with E-state index in [1.807, 2.05) is 20.8 Å². The molecule has 0 aromatic rings. The average molecular weight is 687 g/mol. The summed E-state index contributed by atoms with van der Waals surface area (Å²) in [6.45, 7) is 25.9. The molecule has 0 bridgehead atoms. The molecule has 8 heteroatoms. The molecule has 49 heavy (non-hydrogen) atoms. The van der Waals surface area contributed by atoms with Crippen LogP contribution in [0.4, 0.5) is 0 Å². The molecule has 8 aliphatic rings. The summed E-state index contributed by atoms with van der Waals surface area (Å²) in [5, 5.41) is 23.7. The number of likely N-dealkylation sites (tertiary alicyclic amines) is 1. The molecule has 3 aliphatic heterocycles. The van der Waals surface area contributed by atoms with Gasteiger partial charge in [0.05, 0.1) is 43.2 Å². The van der Waals surface area contributed by atoms with E-state index in [2.05, 4.69) is 58.4 Å². The van der Waals surface area contributed by atoms with Gasteiger partial charge in [-0.25, -0.2) is 0 Å². The molecule has 8 fully saturated rings. The van der Waals surface area contributed by atoms with Gasteiger partial charge in [0, 0.05) is 37.2 Å². The minimum absolute atomic E-state index is 0.0236. The topological polar surface area (TPSA) is 83.9 Å². The second-order valence-corrected chi connectivity index (χ2v) is 20.6. The third kappa shape index (κ3) is 4.75. The van der Waals surface area contributed by atoms with E-state index in [1.54, 1.807) is 0 Å². The molecule has 8 rings (SSSR count). The van der Waals surface area contributed by atoms with Crippen LogP contribution in [0.3, 0.4) is 0 Å². The fourth-order valence-corrected chi connectivity index (χ4v) is 15.4. The van der Waals surface area contributed by atoms with Crippen molar-refractivity contribution in [1.29, 1.82) is 0 Å². The number of hydrogen-bond acceptors (Lipinski definition) is 8. The molecule has 0 aromatic carbocycles. The Labute approximate surface area is 297 Å². The van der Waals surface area contributed by atoms with Crippen LogP contribution in [-0.4, -0.2) is 114 Å². The van der Waals surface area contributed by atoms with Crippen LogP contribution in [0.5, 0.6) is 0 Å². The second kappa shape index (κ2) is 11.3. The van der Waals surface area contributed by atoms with Gasteiger partial charge < -0.3 is 34.1 Å². The highest BCUT2D eigenvalue weighted by molar-refractivity contribution is 5.33. The quantitative estimate of drug-likeness (QED) is 0.352. The monoisotopic (exact) mass is 687 g/mol. The first-order valence-electron chi connectivity index (χ1n) is 20.3. The highest BCUT2D eigenvalue weighted by atomic mass is 16.7. The Balaban J connectivity index is 1.01. The summed E-state index contributed by atoms with van der Waals surface area (Å²) in [5.41, 5.74) is -0.192. The van der Waals surface area contributed by atoms with Crippen LogP contribution in [0.15, 0.2) is 0 Å². The SMILES string of the molecule is CCO[C@@H]([C@H]1C[C@@H](C)[C@H]2[C@H](O1)[C@H](O)[C@@]1(C)[C@@H]3CC[C@H]4C(C)(C)[C@@H](O[C@H]5CN(C6(C)CN(C)C6)CCO5)CC[C@@]45C[C@@]35CC[C@]21C)C(C)(C)O. The zero-order valence-electron chi connectivity index (χ0n) is 32.6. The third-order valence-corrected chi connectivity index (χ3v) is 17.5. The molecule has 14 atom stereocenters. The first kappa shape index (κ1) is 35.7. The van der Waals surface area contributed by atoms with E-state index in [9.17, 15) is 10.2 Å². The van der Waals surface area contributed by atoms with Gasteiger partial charge in [0.15, 0.2) is 6.29 Å². The smallest absolute Gasteiger partial charge is 0.170 e. The largest absolute Gasteiger partial charge is 0.390 e. The number of fused-ring (bicyclic) bond motifs is 4. The number of nitrogens with zero attached hydrogens (tertiary/aromatic N) is 2. The molecule has 2 N–H and O–H groups in total. The van der Waals surface area contributed by atoms with Crippen LogP contribution in [0.2, 0.25) is 0 Å². The van der Waals surface area contributed by atoms with Crippen LogP contribution in [-0.2, 0) is 18.9 Å². The van der Waals surface area contributed by atoms with Crippen LogP contribution < -0.4 is 0 Å². The Bertz CT molecular complexity index is 1280. The first-order valence-corrected chi connectivity index (χ1v) is 20.3. The highest BCUT2D eigenvalue weighted by Crippen LogP contribution is 2.89. The second-order valence-electron chi connectivity index (χ2n) is 20.6. The Morgan fingerprint density at radius 3 is 2.35 bits per heavy atom. The number of ether oxygens (including phenoxy) is 4. The predicted octanol–water partition coefficient (Wildman–Crippen LogP) is 5.72. The van der Waals surface area contributed by atoms with E-state index in [0.29, 0.717) is 41.1 Å². The summed E-state index contributed by atoms with van der Waals surface area (Å²) in [7, 11) is 2.21. The number of morpholine rings is 1. The maximum Gasteiger partial charge on any atom is 0.170 e. The van der Waals surface area contributed by atoms with E-state index in [0.717, 1.165) is 45.6 Å². The van der Waals surface area contributed by atoms with Crippen molar-refractivity contribution in [1.82, 2.24) is 9.80 Å². The van der Waals surface area contributed by atoms with Crippen molar-refractivity contribution in [2.75, 3.05) is 46.4 Å². The van der Waals surface area contributed by atoms with E-state index in [-0.39, 0.29) is 46.4 Å². The average Bonchev–Trinajstić information content (AvgIpc) is 3.65. The van der Waals surface area contributed by atoms with E-state index in [1.165, 1.54) is 38.5 Å². The summed E-state index contributed by atoms with van der Waals surface area (Å²) in [6.07, 6.45) is 8.13. The lowest BCUT2D eigenvalue weighted by Gasteiger charge is -2.64. The molecule has 5 aliphatic carbocycles. The Morgan fingerprint density at radius 1 is 0.980 bits per heavy atom. The molecule has 280 valence electrons. The van der Waals surface area contributed by atoms with Gasteiger partial charge in [0.25, 0.3) is 0 Å². The lowest BCUT2D eigenvalue weighted by Crippen LogP contribution is -2.70. The Hall–Kier alpha value is -0.320. The van der Waals surface area contributed by atoms with Crippen LogP contribution in [0.25, 0.3) is 0 Å². The van der Waals surface area contributed by atoms with Crippen molar-refractivity contribution in [2.45, 2.75) is 162 Å². The third-order valence-electron chi connectivity index (χ3n) is 17.5. The standard InChI is InChI=1S/C41H70N2O6/c1-11-46-34(36(5,6)45)26-20-25(2)31-32(48-26)33(44)39(9)28-13-12-27-35(3,4)29(14-15-40(27)22-41(28,40)17-16-38(31,39)8)49-30-21-43(18-19-47-30)37(7)23-42(10)24-37/h25-34,44-45H,11-24H2,1-10H3/t25-,26-,27+,28+,29+,30+,31+,32+,33+,34+,38-,39-,40-,41+/m1/s1. The lowest BCUT2D eigenvalue weighted by molar-refractivity contribution is -0.258. The van der Waals surface area contributed by atoms with Crippen LogP contribution >= 0.6 is 0 Å². The molecular formula is C41H70N2O6. The summed E-state index contributed by atoms with van der Waals surface area (Å²) in [5.74, 6) is 1.85. The minimum Gasteiger partial charge on any atom is -0.390 e. The fourth-order valence-electron chi connectivity index (χ4n) is 15.4. The molecular weight excluding hydrogens is 616 g/mol. The number of rotatable bonds is 7. The molecule has 5 saturated carbocycles. The molecule has 8 nitrogen and oxygen atoms in total. The van der Waals surface area contributed by atoms with Crippen molar-refractivity contribution in [3.8, 4) is 0 Å². The Kier molecular flexibility index (Phi) is 8.27. The fraction of sp³-hybridized carbons (Fsp3) is 1.00. The Morgan fingerprint density at radius 2 is 1.67 bits per heavy atom. The van der Waals surface area contributed by atoms with Crippen LogP contribution in [0.1, 0.15) is 114 Å². The first-order chi connectivity index (χ1) is 22.9. The van der Waals surface area contributed by atoms with Gasteiger partial charge in [-0.2, -0.15) is 0 Å². The van der Waals surface area contributed by atoms with Crippen LogP contribution in [0, 0.1) is 50.7 Å². The van der Waals surface area contributed by atoms with Gasteiger partial charge in [0.2, 0.25) is 0 Å². The lowest BCUT2D eigenvalue weighted by atomic mass is 9.41. The van der Waals surface area contributed by atoms with Crippen molar-refractivity contribution in [3.63, 3.8) is 0 Å². The normalized spacial score (nSPS) is 52.5. The molecule has 3 heterocycles. The van der Waals surface area contributed by atoms with Gasteiger partial charge >= 0.3 is 0 Å². The predicted molar refractivity (Wildman–Crippen MR) is 190 cm³/mol. The number of hydrogen-bond donors (Lipinski definition) is 2. The summed E-state index contributed by atoms with van der Waals surface area (Å²) in [6, 6.07) is 0. The van der Waals surface area contributed by atoms with Gasteiger partial charge in [-0.1, -0.05) is 34.6 Å². The zero-order valence-corrected chi connectivity index (χ0v) is 32.6. The van der Waals surface area contributed by atoms with Crippen molar-refractivity contribution < 1.29 is 29.2 Å². The molecule has 2 spiro atoms. The summed E-state index contributed by atoms with van der Waals surface area (Å²) in [4.78, 5) is 5.03. The van der Waals surface area contributed by atoms with E-state index < -0.39 is 17.8 Å². The maximum absolute atomic E-state index is 12.6. The summed E-state index contributed by atoms with van der Waals surface area (Å²) < 4.78 is 26.5. The van der Waals surface area contributed by atoms with E-state index in [4.69, 9.17) is 18.9 Å². The number of aliphatic hydroxyl groups excluding tert-OH is 1. The molecule has 0 amide bonds. The minimum atomic E-state index is -1.01. The maximum atomic E-state index is 12.6. The van der Waals surface area contributed by atoms with Gasteiger partial charge in [-0.3, -0.25) is 4.90 Å². The van der Waals surface area contributed by atoms with E-state index >= 15 is 0 Å². The number of aliphatic hydroxyl groups is 2. The van der Waals surface area contributed by atoms with Gasteiger partial charge in [-0.15, -0.1) is 0 Å². The molecule has 0 unspecified atom stereocenters. The molecule has 3 saturated heterocycles. The molecule has 0 radical (unpaired) electrons. The highest BCUT2D eigenvalue weighted by Gasteiger charge is 2.84.